The lowest BCUT2D eigenvalue weighted by atomic mass is 10.1. The number of nitrogens with one attached hydrogen (secondary N) is 2. The lowest BCUT2D eigenvalue weighted by molar-refractivity contribution is -0.384. The number of anilines is 1. The maximum absolute atomic E-state index is 13.2. The summed E-state index contributed by atoms with van der Waals surface area (Å²) in [5.74, 6) is 0.190. The molecule has 7 nitrogen and oxygen atoms in total. The molecule has 0 radical (unpaired) electrons. The molecule has 0 fully saturated rings. The van der Waals surface area contributed by atoms with Crippen molar-refractivity contribution in [2.45, 2.75) is 13.8 Å². The summed E-state index contributed by atoms with van der Waals surface area (Å²) in [6.07, 6.45) is 1.67. The molecule has 0 amide bonds. The maximum atomic E-state index is 13.2. The van der Waals surface area contributed by atoms with Crippen molar-refractivity contribution in [1.82, 2.24) is 15.2 Å². The van der Waals surface area contributed by atoms with Crippen LogP contribution in [-0.4, -0.2) is 26.6 Å². The van der Waals surface area contributed by atoms with E-state index in [4.69, 9.17) is 0 Å². The topological polar surface area (TPSA) is 96.7 Å². The fourth-order valence-electron chi connectivity index (χ4n) is 2.49. The maximum Gasteiger partial charge on any atom is 0.311 e. The van der Waals surface area contributed by atoms with Gasteiger partial charge in [0.25, 0.3) is 0 Å². The first-order chi connectivity index (χ1) is 12.5. The molecule has 3 aromatic rings. The van der Waals surface area contributed by atoms with Crippen molar-refractivity contribution in [1.29, 1.82) is 0 Å². The van der Waals surface area contributed by atoms with Crippen molar-refractivity contribution in [3.63, 3.8) is 0 Å². The van der Waals surface area contributed by atoms with Gasteiger partial charge < -0.3 is 5.32 Å². The molecule has 0 spiro atoms. The van der Waals surface area contributed by atoms with E-state index in [1.165, 1.54) is 18.2 Å². The Morgan fingerprint density at radius 3 is 2.62 bits per heavy atom. The molecule has 8 heteroatoms. The third kappa shape index (κ3) is 3.69. The van der Waals surface area contributed by atoms with E-state index < -0.39 is 4.92 Å². The van der Waals surface area contributed by atoms with Crippen LogP contribution in [-0.2, 0) is 0 Å². The largest absolute Gasteiger partial charge is 0.364 e. The number of hydrogen-bond donors (Lipinski definition) is 2. The Labute approximate surface area is 149 Å². The van der Waals surface area contributed by atoms with Gasteiger partial charge in [0.15, 0.2) is 0 Å². The Morgan fingerprint density at radius 2 is 1.96 bits per heavy atom. The Bertz CT molecular complexity index is 922. The van der Waals surface area contributed by atoms with E-state index in [0.717, 1.165) is 5.56 Å². The van der Waals surface area contributed by atoms with Gasteiger partial charge in [0, 0.05) is 29.9 Å². The van der Waals surface area contributed by atoms with Crippen molar-refractivity contribution in [3.05, 3.63) is 58.5 Å². The Hall–Kier alpha value is -3.29. The first-order valence-electron chi connectivity index (χ1n) is 8.15. The van der Waals surface area contributed by atoms with Crippen LogP contribution in [0.25, 0.3) is 22.5 Å². The summed E-state index contributed by atoms with van der Waals surface area (Å²) in [6.45, 7) is 4.57. The highest BCUT2D eigenvalue weighted by atomic mass is 19.1. The van der Waals surface area contributed by atoms with Crippen molar-refractivity contribution < 1.29 is 9.31 Å². The summed E-state index contributed by atoms with van der Waals surface area (Å²) in [6, 6.07) is 8.96. The van der Waals surface area contributed by atoms with Crippen LogP contribution in [0.4, 0.5) is 15.9 Å². The van der Waals surface area contributed by atoms with E-state index in [9.17, 15) is 14.5 Å². The number of pyridine rings is 1. The van der Waals surface area contributed by atoms with Gasteiger partial charge in [-0.1, -0.05) is 13.8 Å². The molecule has 0 bridgehead atoms. The van der Waals surface area contributed by atoms with Crippen LogP contribution < -0.4 is 5.32 Å². The summed E-state index contributed by atoms with van der Waals surface area (Å²) in [5.41, 5.74) is 2.45. The first-order valence-corrected chi connectivity index (χ1v) is 8.15. The van der Waals surface area contributed by atoms with E-state index in [0.29, 0.717) is 29.4 Å². The monoisotopic (exact) mass is 355 g/mol. The summed E-state index contributed by atoms with van der Waals surface area (Å²) in [5, 5.41) is 21.3. The summed E-state index contributed by atoms with van der Waals surface area (Å²) in [4.78, 5) is 15.2. The molecule has 0 atom stereocenters. The van der Waals surface area contributed by atoms with Gasteiger partial charge in [-0.25, -0.2) is 9.37 Å². The minimum Gasteiger partial charge on any atom is -0.364 e. The SMILES string of the molecule is CC(C)CNc1nc(-c2c[nH]nc2-c2ccc(F)cc2)ccc1[N+](=O)[O-]. The van der Waals surface area contributed by atoms with E-state index in [-0.39, 0.29) is 17.3 Å². The zero-order chi connectivity index (χ0) is 18.7. The zero-order valence-electron chi connectivity index (χ0n) is 14.4. The Kier molecular flexibility index (Phi) is 4.92. The minimum absolute atomic E-state index is 0.0822. The van der Waals surface area contributed by atoms with Crippen LogP contribution in [0.2, 0.25) is 0 Å². The predicted octanol–water partition coefficient (Wildman–Crippen LogP) is 4.25. The molecule has 0 saturated carbocycles. The third-order valence-electron chi connectivity index (χ3n) is 3.78. The smallest absolute Gasteiger partial charge is 0.311 e. The van der Waals surface area contributed by atoms with Crippen LogP contribution in [0.1, 0.15) is 13.8 Å². The third-order valence-corrected chi connectivity index (χ3v) is 3.78. The van der Waals surface area contributed by atoms with Gasteiger partial charge in [0.2, 0.25) is 5.82 Å². The van der Waals surface area contributed by atoms with Crippen molar-refractivity contribution in [2.24, 2.45) is 5.92 Å². The molecule has 0 saturated heterocycles. The number of aromatic nitrogens is 3. The highest BCUT2D eigenvalue weighted by Crippen LogP contribution is 2.32. The standard InChI is InChI=1S/C18H18FN5O2/c1-11(2)9-20-18-16(24(25)26)8-7-15(22-18)14-10-21-23-17(14)12-3-5-13(19)6-4-12/h3-8,10-11H,9H2,1-2H3,(H,20,22)(H,21,23). The summed E-state index contributed by atoms with van der Waals surface area (Å²) in [7, 11) is 0. The van der Waals surface area contributed by atoms with Gasteiger partial charge in [-0.05, 0) is 36.2 Å². The highest BCUT2D eigenvalue weighted by molar-refractivity contribution is 5.79. The van der Waals surface area contributed by atoms with Crippen molar-refractivity contribution in [2.75, 3.05) is 11.9 Å². The van der Waals surface area contributed by atoms with E-state index in [2.05, 4.69) is 20.5 Å². The number of nitrogens with zero attached hydrogens (tertiary/aromatic N) is 3. The van der Waals surface area contributed by atoms with Crippen LogP contribution in [0, 0.1) is 21.8 Å². The molecule has 0 aliphatic rings. The molecule has 2 N–H and O–H groups in total. The van der Waals surface area contributed by atoms with Crippen LogP contribution >= 0.6 is 0 Å². The number of rotatable bonds is 6. The molecule has 134 valence electrons. The fraction of sp³-hybridized carbons (Fsp3) is 0.222. The molecule has 2 heterocycles. The molecule has 1 aromatic carbocycles. The molecule has 0 aliphatic carbocycles. The van der Waals surface area contributed by atoms with Crippen LogP contribution in [0.3, 0.4) is 0 Å². The van der Waals surface area contributed by atoms with Crippen LogP contribution in [0.5, 0.6) is 0 Å². The van der Waals surface area contributed by atoms with Gasteiger partial charge in [0.05, 0.1) is 10.6 Å². The summed E-state index contributed by atoms with van der Waals surface area (Å²) < 4.78 is 13.2. The number of benzene rings is 1. The Morgan fingerprint density at radius 1 is 1.23 bits per heavy atom. The number of hydrogen-bond acceptors (Lipinski definition) is 5. The number of aromatic amines is 1. The van der Waals surface area contributed by atoms with Gasteiger partial charge in [0.1, 0.15) is 11.5 Å². The normalized spacial score (nSPS) is 10.9. The predicted molar refractivity (Wildman–Crippen MR) is 97.2 cm³/mol. The lowest BCUT2D eigenvalue weighted by Crippen LogP contribution is -2.11. The molecule has 2 aromatic heterocycles. The molecule has 26 heavy (non-hydrogen) atoms. The zero-order valence-corrected chi connectivity index (χ0v) is 14.4. The second kappa shape index (κ2) is 7.30. The van der Waals surface area contributed by atoms with Crippen LogP contribution in [0.15, 0.2) is 42.6 Å². The second-order valence-corrected chi connectivity index (χ2v) is 6.25. The lowest BCUT2D eigenvalue weighted by Gasteiger charge is -2.10. The van der Waals surface area contributed by atoms with E-state index in [1.807, 2.05) is 13.8 Å². The molecule has 3 rings (SSSR count). The number of H-pyrrole nitrogens is 1. The molecular weight excluding hydrogens is 337 g/mol. The van der Waals surface area contributed by atoms with Gasteiger partial charge in [-0.3, -0.25) is 15.2 Å². The molecule has 0 aliphatic heterocycles. The van der Waals surface area contributed by atoms with Gasteiger partial charge >= 0.3 is 5.69 Å². The number of nitro groups is 1. The quantitative estimate of drug-likeness (QED) is 0.509. The van der Waals surface area contributed by atoms with E-state index in [1.54, 1.807) is 24.4 Å². The Balaban J connectivity index is 2.02. The fourth-order valence-corrected chi connectivity index (χ4v) is 2.49. The van der Waals surface area contributed by atoms with Gasteiger partial charge in [-0.2, -0.15) is 5.10 Å². The first kappa shape index (κ1) is 17.5. The second-order valence-electron chi connectivity index (χ2n) is 6.25. The highest BCUT2D eigenvalue weighted by Gasteiger charge is 2.19. The van der Waals surface area contributed by atoms with Gasteiger partial charge in [-0.15, -0.1) is 0 Å². The minimum atomic E-state index is -0.463. The average molecular weight is 355 g/mol. The van der Waals surface area contributed by atoms with Crippen molar-refractivity contribution >= 4 is 11.5 Å². The van der Waals surface area contributed by atoms with E-state index >= 15 is 0 Å². The van der Waals surface area contributed by atoms with Crippen molar-refractivity contribution in [3.8, 4) is 22.5 Å². The molecular formula is C18H18FN5O2. The summed E-state index contributed by atoms with van der Waals surface area (Å²) >= 11 is 0. The number of halogens is 1. The average Bonchev–Trinajstić information content (AvgIpc) is 3.10. The molecule has 0 unspecified atom stereocenters.